The number of aromatic amines is 1. The Labute approximate surface area is 213 Å². The van der Waals surface area contributed by atoms with Crippen LogP contribution in [0.15, 0.2) is 36.6 Å². The summed E-state index contributed by atoms with van der Waals surface area (Å²) in [6.07, 6.45) is 4.81. The van der Waals surface area contributed by atoms with E-state index in [9.17, 15) is 9.59 Å². The second-order valence-electron chi connectivity index (χ2n) is 9.54. The molecule has 8 heteroatoms. The molecule has 1 N–H and O–H groups in total. The van der Waals surface area contributed by atoms with Crippen LogP contribution < -0.4 is 4.74 Å². The second-order valence-corrected chi connectivity index (χ2v) is 9.54. The lowest BCUT2D eigenvalue weighted by Crippen LogP contribution is -2.36. The molecule has 3 rings (SSSR count). The maximum atomic E-state index is 13.0. The van der Waals surface area contributed by atoms with Gasteiger partial charge in [-0.1, -0.05) is 19.9 Å². The first kappa shape index (κ1) is 27.5. The lowest BCUT2D eigenvalue weighted by atomic mass is 9.81. The molecule has 8 nitrogen and oxygen atoms in total. The average molecular weight is 498 g/mol. The molecule has 1 aliphatic heterocycles. The van der Waals surface area contributed by atoms with Crippen molar-refractivity contribution >= 4 is 28.4 Å². The van der Waals surface area contributed by atoms with Crippen molar-refractivity contribution in [1.82, 2.24) is 14.8 Å². The smallest absolute Gasteiger partial charge is 0.341 e. The summed E-state index contributed by atoms with van der Waals surface area (Å²) in [5, 5.41) is 0.992. The minimum atomic E-state index is -0.465. The van der Waals surface area contributed by atoms with Gasteiger partial charge in [-0.25, -0.2) is 4.79 Å². The third kappa shape index (κ3) is 6.36. The zero-order chi connectivity index (χ0) is 26.3. The number of likely N-dealkylation sites (N-methyl/N-ethyl adjacent to an activating group) is 1. The third-order valence-corrected chi connectivity index (χ3v) is 6.22. The third-order valence-electron chi connectivity index (χ3n) is 6.22. The number of rotatable bonds is 11. The highest BCUT2D eigenvalue weighted by Gasteiger charge is 2.37. The number of carbonyl (C=O) groups excluding carboxylic acids is 2. The van der Waals surface area contributed by atoms with E-state index in [1.54, 1.807) is 31.0 Å². The number of carbonyl (C=O) groups is 2. The Morgan fingerprint density at radius 3 is 2.61 bits per heavy atom. The zero-order valence-corrected chi connectivity index (χ0v) is 22.3. The first-order chi connectivity index (χ1) is 17.2. The number of ether oxygens (including phenoxy) is 3. The van der Waals surface area contributed by atoms with Gasteiger partial charge < -0.3 is 29.0 Å². The monoisotopic (exact) mass is 497 g/mol. The van der Waals surface area contributed by atoms with Crippen LogP contribution in [0, 0.1) is 0 Å². The molecule has 0 saturated heterocycles. The van der Waals surface area contributed by atoms with Crippen LogP contribution in [-0.2, 0) is 24.5 Å². The molecule has 0 unspecified atom stereocenters. The van der Waals surface area contributed by atoms with E-state index in [2.05, 4.69) is 23.7 Å². The fourth-order valence-electron chi connectivity index (χ4n) is 4.48. The normalized spacial score (nSPS) is 15.2. The Morgan fingerprint density at radius 2 is 1.92 bits per heavy atom. The number of amides is 1. The molecule has 2 aromatic rings. The molecule has 1 aliphatic rings. The van der Waals surface area contributed by atoms with Gasteiger partial charge in [0, 0.05) is 54.8 Å². The molecule has 1 aromatic carbocycles. The Kier molecular flexibility index (Phi) is 9.34. The number of esters is 1. The highest BCUT2D eigenvalue weighted by atomic mass is 16.5. The van der Waals surface area contributed by atoms with Gasteiger partial charge in [-0.15, -0.1) is 0 Å². The largest absolute Gasteiger partial charge is 0.492 e. The molecular weight excluding hydrogens is 458 g/mol. The van der Waals surface area contributed by atoms with Crippen LogP contribution in [-0.4, -0.2) is 79.8 Å². The number of benzene rings is 1. The lowest BCUT2D eigenvalue weighted by molar-refractivity contribution is -0.136. The highest BCUT2D eigenvalue weighted by Crippen LogP contribution is 2.41. The van der Waals surface area contributed by atoms with Crippen molar-refractivity contribution in [2.24, 2.45) is 0 Å². The Bertz CT molecular complexity index is 1130. The van der Waals surface area contributed by atoms with E-state index in [0.29, 0.717) is 31.0 Å². The van der Waals surface area contributed by atoms with Crippen LogP contribution >= 0.6 is 0 Å². The van der Waals surface area contributed by atoms with E-state index >= 15 is 0 Å². The molecule has 1 amide bonds. The van der Waals surface area contributed by atoms with Crippen LogP contribution in [0.1, 0.15) is 45.9 Å². The van der Waals surface area contributed by atoms with Gasteiger partial charge >= 0.3 is 5.97 Å². The minimum absolute atomic E-state index is 0.177. The van der Waals surface area contributed by atoms with Gasteiger partial charge in [0.05, 0.1) is 24.5 Å². The predicted octanol–water partition coefficient (Wildman–Crippen LogP) is 4.11. The Hall–Kier alpha value is -3.10. The molecule has 0 bridgehead atoms. The van der Waals surface area contributed by atoms with E-state index in [1.165, 1.54) is 6.08 Å². The molecule has 0 fully saturated rings. The summed E-state index contributed by atoms with van der Waals surface area (Å²) in [4.78, 5) is 33.0. The summed E-state index contributed by atoms with van der Waals surface area (Å²) in [6, 6.07) is 5.94. The van der Waals surface area contributed by atoms with Gasteiger partial charge in [-0.2, -0.15) is 0 Å². The first-order valence-electron chi connectivity index (χ1n) is 12.6. The van der Waals surface area contributed by atoms with Crippen LogP contribution in [0.3, 0.4) is 0 Å². The molecule has 0 aliphatic carbocycles. The first-order valence-corrected chi connectivity index (χ1v) is 12.6. The average Bonchev–Trinajstić information content (AvgIpc) is 3.16. The van der Waals surface area contributed by atoms with Crippen molar-refractivity contribution in [3.8, 4) is 5.75 Å². The standard InChI is InChI=1S/C28H39N3O5/c1-7-10-24(32)31-18-22(27(33)35-9-3)26-25(28(4,5)19-31)21-12-11-20(17-23(21)29-26)36-16-14-30(6)13-15-34-8-2/h7,10-12,17-18,29H,8-9,13-16,19H2,1-6H3/b10-7+. The zero-order valence-electron chi connectivity index (χ0n) is 22.3. The Morgan fingerprint density at radius 1 is 1.17 bits per heavy atom. The minimum Gasteiger partial charge on any atom is -0.492 e. The van der Waals surface area contributed by atoms with Crippen molar-refractivity contribution in [2.75, 3.05) is 53.1 Å². The number of nitrogens with one attached hydrogen (secondary N) is 1. The molecule has 0 spiro atoms. The molecule has 0 atom stereocenters. The van der Waals surface area contributed by atoms with E-state index in [-0.39, 0.29) is 12.5 Å². The Balaban J connectivity index is 1.92. The summed E-state index contributed by atoms with van der Waals surface area (Å²) >= 11 is 0. The molecule has 1 aromatic heterocycles. The van der Waals surface area contributed by atoms with Gasteiger partial charge in [-0.3, -0.25) is 4.79 Å². The van der Waals surface area contributed by atoms with Crippen LogP contribution in [0.25, 0.3) is 16.5 Å². The SMILES string of the molecule is C/C=C/C(=O)N1C=C(C(=O)OCC)c2[nH]c3cc(OCCN(C)CCOCC)ccc3c2C(C)(C)C1. The lowest BCUT2D eigenvalue weighted by Gasteiger charge is -2.29. The quantitative estimate of drug-likeness (QED) is 0.286. The molecular formula is C28H39N3O5. The molecule has 36 heavy (non-hydrogen) atoms. The van der Waals surface area contributed by atoms with E-state index < -0.39 is 11.4 Å². The molecule has 0 saturated carbocycles. The number of hydrogen-bond acceptors (Lipinski definition) is 6. The maximum absolute atomic E-state index is 13.0. The van der Waals surface area contributed by atoms with Crippen LogP contribution in [0.5, 0.6) is 5.75 Å². The van der Waals surface area contributed by atoms with Gasteiger partial charge in [0.2, 0.25) is 5.91 Å². The van der Waals surface area contributed by atoms with Gasteiger partial charge in [-0.05, 0) is 51.6 Å². The van der Waals surface area contributed by atoms with Crippen molar-refractivity contribution in [1.29, 1.82) is 0 Å². The van der Waals surface area contributed by atoms with Crippen molar-refractivity contribution < 1.29 is 23.8 Å². The summed E-state index contributed by atoms with van der Waals surface area (Å²) < 4.78 is 16.8. The van der Waals surface area contributed by atoms with Gasteiger partial charge in [0.15, 0.2) is 0 Å². The number of hydrogen-bond donors (Lipinski definition) is 1. The number of allylic oxidation sites excluding steroid dienone is 1. The van der Waals surface area contributed by atoms with Crippen molar-refractivity contribution in [3.05, 3.63) is 47.8 Å². The van der Waals surface area contributed by atoms with Crippen LogP contribution in [0.2, 0.25) is 0 Å². The maximum Gasteiger partial charge on any atom is 0.341 e. The molecule has 0 radical (unpaired) electrons. The fraction of sp³-hybridized carbons (Fsp3) is 0.500. The summed E-state index contributed by atoms with van der Waals surface area (Å²) in [5.41, 5.74) is 2.44. The second kappa shape index (κ2) is 12.2. The number of aromatic nitrogens is 1. The van der Waals surface area contributed by atoms with Gasteiger partial charge in [0.1, 0.15) is 12.4 Å². The topological polar surface area (TPSA) is 84.1 Å². The van der Waals surface area contributed by atoms with E-state index in [0.717, 1.165) is 41.9 Å². The number of nitrogens with zero attached hydrogens (tertiary/aromatic N) is 2. The van der Waals surface area contributed by atoms with E-state index in [4.69, 9.17) is 14.2 Å². The summed E-state index contributed by atoms with van der Waals surface area (Å²) in [7, 11) is 2.04. The predicted molar refractivity (Wildman–Crippen MR) is 142 cm³/mol. The van der Waals surface area contributed by atoms with E-state index in [1.807, 2.05) is 32.2 Å². The number of fused-ring (bicyclic) bond motifs is 3. The molecule has 2 heterocycles. The van der Waals surface area contributed by atoms with Crippen LogP contribution in [0.4, 0.5) is 0 Å². The molecule has 196 valence electrons. The van der Waals surface area contributed by atoms with Crippen molar-refractivity contribution in [2.45, 2.75) is 40.0 Å². The van der Waals surface area contributed by atoms with Crippen molar-refractivity contribution in [3.63, 3.8) is 0 Å². The highest BCUT2D eigenvalue weighted by molar-refractivity contribution is 6.18. The number of H-pyrrole nitrogens is 1. The fourth-order valence-corrected chi connectivity index (χ4v) is 4.48. The summed E-state index contributed by atoms with van der Waals surface area (Å²) in [6.45, 7) is 14.0. The summed E-state index contributed by atoms with van der Waals surface area (Å²) in [5.74, 6) is 0.109. The van der Waals surface area contributed by atoms with Gasteiger partial charge in [0.25, 0.3) is 0 Å².